The molecule has 0 fully saturated rings. The number of hydrogen-bond acceptors (Lipinski definition) is 4. The Labute approximate surface area is 179 Å². The fraction of sp³-hybridized carbons (Fsp3) is 0.500. The molecule has 0 spiro atoms. The topological polar surface area (TPSA) is 66.5 Å². The molecule has 10 heteroatoms. The van der Waals surface area contributed by atoms with Crippen molar-refractivity contribution in [3.05, 3.63) is 47.1 Å². The Kier molecular flexibility index (Phi) is 8.27. The molecule has 0 saturated heterocycles. The fourth-order valence-corrected chi connectivity index (χ4v) is 2.32. The van der Waals surface area contributed by atoms with Gasteiger partial charge in [-0.3, -0.25) is 4.99 Å². The first kappa shape index (κ1) is 24.2. The molecular formula is C18H25F3IN5O. The van der Waals surface area contributed by atoms with Crippen LogP contribution in [-0.4, -0.2) is 35.1 Å². The van der Waals surface area contributed by atoms with Crippen LogP contribution in [0.25, 0.3) is 0 Å². The lowest BCUT2D eigenvalue weighted by Crippen LogP contribution is -2.38. The number of guanidine groups is 1. The molecule has 6 nitrogen and oxygen atoms in total. The largest absolute Gasteiger partial charge is 0.416 e. The zero-order chi connectivity index (χ0) is 20.2. The van der Waals surface area contributed by atoms with Crippen LogP contribution in [0.1, 0.15) is 43.6 Å². The van der Waals surface area contributed by atoms with Crippen LogP contribution >= 0.6 is 24.0 Å². The maximum Gasteiger partial charge on any atom is 0.416 e. The average molecular weight is 511 g/mol. The molecule has 1 heterocycles. The summed E-state index contributed by atoms with van der Waals surface area (Å²) in [6.07, 6.45) is -4.33. The molecule has 1 aromatic carbocycles. The van der Waals surface area contributed by atoms with Crippen LogP contribution in [0.5, 0.6) is 0 Å². The Bertz CT molecular complexity index is 782. The van der Waals surface area contributed by atoms with Gasteiger partial charge in [0.15, 0.2) is 11.8 Å². The molecule has 0 bridgehead atoms. The van der Waals surface area contributed by atoms with Gasteiger partial charge in [0.2, 0.25) is 5.89 Å². The van der Waals surface area contributed by atoms with Crippen molar-refractivity contribution in [1.82, 2.24) is 20.4 Å². The normalized spacial score (nSPS) is 12.5. The molecule has 2 rings (SSSR count). The number of alkyl halides is 3. The highest BCUT2D eigenvalue weighted by atomic mass is 127. The summed E-state index contributed by atoms with van der Waals surface area (Å²) in [5.41, 5.74) is -0.155. The molecule has 1 N–H and O–H groups in total. The Balaban J connectivity index is 0.00000392. The summed E-state index contributed by atoms with van der Waals surface area (Å²) in [5.74, 6) is 1.62. The number of rotatable bonds is 4. The second-order valence-electron chi connectivity index (χ2n) is 7.22. The van der Waals surface area contributed by atoms with Gasteiger partial charge in [-0.2, -0.15) is 18.2 Å². The Morgan fingerprint density at radius 1 is 1.18 bits per heavy atom. The average Bonchev–Trinajstić information content (AvgIpc) is 3.04. The van der Waals surface area contributed by atoms with Crippen molar-refractivity contribution in [3.63, 3.8) is 0 Å². The van der Waals surface area contributed by atoms with Crippen molar-refractivity contribution >= 4 is 29.9 Å². The number of nitrogens with zero attached hydrogens (tertiary/aromatic N) is 4. The van der Waals surface area contributed by atoms with Gasteiger partial charge in [0.1, 0.15) is 0 Å². The maximum absolute atomic E-state index is 12.6. The molecular weight excluding hydrogens is 486 g/mol. The highest BCUT2D eigenvalue weighted by Gasteiger charge is 2.30. The van der Waals surface area contributed by atoms with Crippen molar-refractivity contribution in [2.45, 2.75) is 45.5 Å². The summed E-state index contributed by atoms with van der Waals surface area (Å²) in [5, 5.41) is 7.05. The van der Waals surface area contributed by atoms with Crippen molar-refractivity contribution in [3.8, 4) is 0 Å². The molecule has 28 heavy (non-hydrogen) atoms. The van der Waals surface area contributed by atoms with E-state index in [1.165, 1.54) is 12.1 Å². The van der Waals surface area contributed by atoms with E-state index in [4.69, 9.17) is 4.52 Å². The zero-order valence-electron chi connectivity index (χ0n) is 16.5. The van der Waals surface area contributed by atoms with E-state index in [1.807, 2.05) is 20.8 Å². The highest BCUT2D eigenvalue weighted by molar-refractivity contribution is 14.0. The number of benzene rings is 1. The summed E-state index contributed by atoms with van der Waals surface area (Å²) in [4.78, 5) is 10.3. The third kappa shape index (κ3) is 6.64. The Hall–Kier alpha value is -1.85. The van der Waals surface area contributed by atoms with Crippen molar-refractivity contribution in [2.24, 2.45) is 4.99 Å². The predicted molar refractivity (Wildman–Crippen MR) is 112 cm³/mol. The standard InChI is InChI=1S/C18H24F3N5O.HI/c1-17(2,3)15-24-14(25-27-15)10-23-16(22-4)26(5)11-12-6-8-13(9-7-12)18(19,20)21;/h6-9H,10-11H2,1-5H3,(H,22,23);1H. The zero-order valence-corrected chi connectivity index (χ0v) is 18.8. The molecule has 0 aliphatic heterocycles. The summed E-state index contributed by atoms with van der Waals surface area (Å²) < 4.78 is 43.2. The lowest BCUT2D eigenvalue weighted by molar-refractivity contribution is -0.137. The third-order valence-electron chi connectivity index (χ3n) is 3.79. The van der Waals surface area contributed by atoms with Gasteiger partial charge >= 0.3 is 6.18 Å². The van der Waals surface area contributed by atoms with E-state index in [2.05, 4.69) is 20.4 Å². The maximum atomic E-state index is 12.6. The second kappa shape index (κ2) is 9.57. The highest BCUT2D eigenvalue weighted by Crippen LogP contribution is 2.29. The molecule has 0 atom stereocenters. The molecule has 2 aromatic rings. The Morgan fingerprint density at radius 2 is 1.79 bits per heavy atom. The first-order chi connectivity index (χ1) is 12.5. The van der Waals surface area contributed by atoms with Crippen LogP contribution in [-0.2, 0) is 24.7 Å². The number of aliphatic imine (C=N–C) groups is 1. The number of hydrogen-bond donors (Lipinski definition) is 1. The van der Waals surface area contributed by atoms with Gasteiger partial charge in [0, 0.05) is 26.1 Å². The smallest absolute Gasteiger partial charge is 0.349 e. The number of nitrogens with one attached hydrogen (secondary N) is 1. The van der Waals surface area contributed by atoms with Crippen LogP contribution < -0.4 is 5.32 Å². The molecule has 1 aromatic heterocycles. The van der Waals surface area contributed by atoms with Crippen LogP contribution in [0.3, 0.4) is 0 Å². The van der Waals surface area contributed by atoms with E-state index in [0.717, 1.165) is 17.7 Å². The first-order valence-corrected chi connectivity index (χ1v) is 8.41. The van der Waals surface area contributed by atoms with Gasteiger partial charge in [-0.15, -0.1) is 24.0 Å². The van der Waals surface area contributed by atoms with E-state index in [9.17, 15) is 13.2 Å². The molecule has 156 valence electrons. The predicted octanol–water partition coefficient (Wildman–Crippen LogP) is 4.21. The van der Waals surface area contributed by atoms with Gasteiger partial charge in [-0.1, -0.05) is 38.1 Å². The van der Waals surface area contributed by atoms with Gasteiger partial charge in [0.05, 0.1) is 12.1 Å². The SMILES string of the molecule is CN=C(NCc1noc(C(C)(C)C)n1)N(C)Cc1ccc(C(F)(F)F)cc1.I. The van der Waals surface area contributed by atoms with E-state index in [-0.39, 0.29) is 29.4 Å². The fourth-order valence-electron chi connectivity index (χ4n) is 2.32. The van der Waals surface area contributed by atoms with E-state index in [1.54, 1.807) is 19.0 Å². The number of aromatic nitrogens is 2. The summed E-state index contributed by atoms with van der Waals surface area (Å²) in [6.45, 7) is 6.67. The summed E-state index contributed by atoms with van der Waals surface area (Å²) in [6, 6.07) is 5.07. The summed E-state index contributed by atoms with van der Waals surface area (Å²) >= 11 is 0. The minimum Gasteiger partial charge on any atom is -0.349 e. The van der Waals surface area contributed by atoms with Crippen molar-refractivity contribution < 1.29 is 17.7 Å². The first-order valence-electron chi connectivity index (χ1n) is 8.41. The van der Waals surface area contributed by atoms with E-state index < -0.39 is 11.7 Å². The van der Waals surface area contributed by atoms with Crippen LogP contribution in [0.4, 0.5) is 13.2 Å². The van der Waals surface area contributed by atoms with Gasteiger partial charge in [-0.25, -0.2) is 0 Å². The molecule has 0 radical (unpaired) electrons. The number of halogens is 4. The lowest BCUT2D eigenvalue weighted by Gasteiger charge is -2.22. The van der Waals surface area contributed by atoms with Gasteiger partial charge in [-0.05, 0) is 17.7 Å². The quantitative estimate of drug-likeness (QED) is 0.379. The van der Waals surface area contributed by atoms with Crippen molar-refractivity contribution in [2.75, 3.05) is 14.1 Å². The summed E-state index contributed by atoms with van der Waals surface area (Å²) in [7, 11) is 3.42. The van der Waals surface area contributed by atoms with E-state index >= 15 is 0 Å². The van der Waals surface area contributed by atoms with Crippen LogP contribution in [0.15, 0.2) is 33.8 Å². The molecule has 0 aliphatic rings. The minimum atomic E-state index is -4.33. The minimum absolute atomic E-state index is 0. The van der Waals surface area contributed by atoms with Crippen molar-refractivity contribution in [1.29, 1.82) is 0 Å². The second-order valence-corrected chi connectivity index (χ2v) is 7.22. The molecule has 0 saturated carbocycles. The Morgan fingerprint density at radius 3 is 2.25 bits per heavy atom. The molecule has 0 aliphatic carbocycles. The molecule has 0 unspecified atom stereocenters. The van der Waals surface area contributed by atoms with Crippen LogP contribution in [0, 0.1) is 0 Å². The van der Waals surface area contributed by atoms with Crippen LogP contribution in [0.2, 0.25) is 0 Å². The lowest BCUT2D eigenvalue weighted by atomic mass is 9.97. The molecule has 0 amide bonds. The van der Waals surface area contributed by atoms with Gasteiger partial charge in [0.25, 0.3) is 0 Å². The monoisotopic (exact) mass is 511 g/mol. The third-order valence-corrected chi connectivity index (χ3v) is 3.79. The van der Waals surface area contributed by atoms with E-state index in [0.29, 0.717) is 30.8 Å². The van der Waals surface area contributed by atoms with Gasteiger partial charge < -0.3 is 14.7 Å².